The summed E-state index contributed by atoms with van der Waals surface area (Å²) < 4.78 is 16.1. The predicted molar refractivity (Wildman–Crippen MR) is 97.7 cm³/mol. The average molecular weight is 350 g/mol. The minimum absolute atomic E-state index is 0.154. The van der Waals surface area contributed by atoms with E-state index in [4.69, 9.17) is 14.2 Å². The number of carbonyl (C=O) groups is 1. The summed E-state index contributed by atoms with van der Waals surface area (Å²) >= 11 is 0. The third-order valence-electron chi connectivity index (χ3n) is 4.60. The van der Waals surface area contributed by atoms with Gasteiger partial charge in [-0.2, -0.15) is 0 Å². The van der Waals surface area contributed by atoms with Gasteiger partial charge in [-0.15, -0.1) is 0 Å². The number of hydrogen-bond acceptors (Lipinski definition) is 5. The number of ether oxygens (including phenoxy) is 3. The average Bonchev–Trinajstić information content (AvgIpc) is 2.60. The highest BCUT2D eigenvalue weighted by Gasteiger charge is 2.27. The smallest absolute Gasteiger partial charge is 0.227 e. The minimum atomic E-state index is 0.154. The molecule has 1 aromatic rings. The first-order valence-corrected chi connectivity index (χ1v) is 8.73. The van der Waals surface area contributed by atoms with Gasteiger partial charge in [-0.3, -0.25) is 4.79 Å². The molecule has 0 radical (unpaired) electrons. The molecule has 0 saturated carbocycles. The predicted octanol–water partition coefficient (Wildman–Crippen LogP) is 2.20. The van der Waals surface area contributed by atoms with Gasteiger partial charge in [0.05, 0.1) is 27.8 Å². The number of benzene rings is 1. The number of carbonyl (C=O) groups excluding carboxylic acids is 1. The quantitative estimate of drug-likeness (QED) is 0.755. The molecule has 0 aromatic heterocycles. The molecule has 1 aromatic carbocycles. The third kappa shape index (κ3) is 4.78. The van der Waals surface area contributed by atoms with Crippen molar-refractivity contribution in [3.8, 4) is 17.2 Å². The molecule has 0 N–H and O–H groups in total. The molecule has 6 nitrogen and oxygen atoms in total. The Labute approximate surface area is 150 Å². The molecule has 0 spiro atoms. The molecule has 1 heterocycles. The number of likely N-dealkylation sites (tertiary alicyclic amines) is 1. The molecular formula is C19H30N2O4. The standard InChI is InChI=1S/C19H30N2O4/c1-20(2)13-15-8-6-7-9-21(15)18(22)12-14-10-16(23-3)19(25-5)17(11-14)24-4/h10-11,15H,6-9,12-13H2,1-5H3. The fourth-order valence-corrected chi connectivity index (χ4v) is 3.45. The van der Waals surface area contributed by atoms with Crippen LogP contribution in [0.5, 0.6) is 17.2 Å². The van der Waals surface area contributed by atoms with Gasteiger partial charge in [0, 0.05) is 19.1 Å². The van der Waals surface area contributed by atoms with Gasteiger partial charge in [-0.05, 0) is 51.1 Å². The maximum Gasteiger partial charge on any atom is 0.227 e. The summed E-state index contributed by atoms with van der Waals surface area (Å²) in [6.45, 7) is 1.74. The van der Waals surface area contributed by atoms with E-state index in [1.807, 2.05) is 17.0 Å². The van der Waals surface area contributed by atoms with Crippen molar-refractivity contribution < 1.29 is 19.0 Å². The van der Waals surface area contributed by atoms with Crippen molar-refractivity contribution in [1.82, 2.24) is 9.80 Å². The molecule has 1 saturated heterocycles. The van der Waals surface area contributed by atoms with Crippen molar-refractivity contribution in [2.75, 3.05) is 48.5 Å². The Morgan fingerprint density at radius 3 is 2.28 bits per heavy atom. The summed E-state index contributed by atoms with van der Waals surface area (Å²) in [5.74, 6) is 1.85. The Bertz CT molecular complexity index is 564. The first-order valence-electron chi connectivity index (χ1n) is 8.73. The van der Waals surface area contributed by atoms with Crippen LogP contribution in [0.2, 0.25) is 0 Å². The molecule has 140 valence electrons. The summed E-state index contributed by atoms with van der Waals surface area (Å²) in [6.07, 6.45) is 3.66. The van der Waals surface area contributed by atoms with Crippen LogP contribution in [-0.2, 0) is 11.2 Å². The van der Waals surface area contributed by atoms with E-state index in [1.54, 1.807) is 21.3 Å². The summed E-state index contributed by atoms with van der Waals surface area (Å²) in [7, 11) is 8.85. The van der Waals surface area contributed by atoms with Crippen LogP contribution >= 0.6 is 0 Å². The van der Waals surface area contributed by atoms with Crippen LogP contribution in [-0.4, -0.2) is 70.3 Å². The molecule has 1 aliphatic heterocycles. The monoisotopic (exact) mass is 350 g/mol. The molecule has 25 heavy (non-hydrogen) atoms. The molecule has 1 unspecified atom stereocenters. The van der Waals surface area contributed by atoms with Gasteiger partial charge in [0.2, 0.25) is 11.7 Å². The first-order chi connectivity index (χ1) is 12.0. The first kappa shape index (κ1) is 19.4. The molecule has 1 aliphatic rings. The second-order valence-corrected chi connectivity index (χ2v) is 6.71. The van der Waals surface area contributed by atoms with E-state index >= 15 is 0 Å². The van der Waals surface area contributed by atoms with Crippen molar-refractivity contribution in [1.29, 1.82) is 0 Å². The lowest BCUT2D eigenvalue weighted by molar-refractivity contribution is -0.134. The van der Waals surface area contributed by atoms with Gasteiger partial charge in [-0.1, -0.05) is 0 Å². The van der Waals surface area contributed by atoms with Crippen molar-refractivity contribution in [3.05, 3.63) is 17.7 Å². The van der Waals surface area contributed by atoms with Crippen molar-refractivity contribution in [2.24, 2.45) is 0 Å². The maximum absolute atomic E-state index is 12.9. The lowest BCUT2D eigenvalue weighted by atomic mass is 10.00. The highest BCUT2D eigenvalue weighted by atomic mass is 16.5. The number of amides is 1. The number of nitrogens with zero attached hydrogens (tertiary/aromatic N) is 2. The van der Waals surface area contributed by atoms with Crippen LogP contribution in [0.4, 0.5) is 0 Å². The number of piperidine rings is 1. The van der Waals surface area contributed by atoms with Gasteiger partial charge in [0.25, 0.3) is 0 Å². The van der Waals surface area contributed by atoms with Gasteiger partial charge in [-0.25, -0.2) is 0 Å². The maximum atomic E-state index is 12.9. The summed E-state index contributed by atoms with van der Waals surface area (Å²) in [5.41, 5.74) is 0.869. The zero-order valence-electron chi connectivity index (χ0n) is 16.0. The zero-order chi connectivity index (χ0) is 18.4. The Morgan fingerprint density at radius 1 is 1.12 bits per heavy atom. The lowest BCUT2D eigenvalue weighted by Crippen LogP contribution is -2.48. The van der Waals surface area contributed by atoms with Crippen LogP contribution in [0.15, 0.2) is 12.1 Å². The van der Waals surface area contributed by atoms with Crippen LogP contribution in [0.1, 0.15) is 24.8 Å². The Kier molecular flexibility index (Phi) is 6.93. The van der Waals surface area contributed by atoms with Crippen LogP contribution in [0, 0.1) is 0 Å². The molecule has 0 bridgehead atoms. The van der Waals surface area contributed by atoms with Gasteiger partial charge >= 0.3 is 0 Å². The largest absolute Gasteiger partial charge is 0.493 e. The Morgan fingerprint density at radius 2 is 1.76 bits per heavy atom. The normalized spacial score (nSPS) is 17.5. The van der Waals surface area contributed by atoms with Crippen molar-refractivity contribution in [3.63, 3.8) is 0 Å². The Balaban J connectivity index is 2.18. The van der Waals surface area contributed by atoms with Crippen LogP contribution in [0.3, 0.4) is 0 Å². The molecule has 6 heteroatoms. The van der Waals surface area contributed by atoms with Gasteiger partial charge in [0.15, 0.2) is 11.5 Å². The molecular weight excluding hydrogens is 320 g/mol. The molecule has 1 fully saturated rings. The topological polar surface area (TPSA) is 51.2 Å². The van der Waals surface area contributed by atoms with E-state index < -0.39 is 0 Å². The number of hydrogen-bond donors (Lipinski definition) is 0. The van der Waals surface area contributed by atoms with Crippen molar-refractivity contribution >= 4 is 5.91 Å². The van der Waals surface area contributed by atoms with E-state index in [1.165, 1.54) is 6.42 Å². The van der Waals surface area contributed by atoms with Crippen molar-refractivity contribution in [2.45, 2.75) is 31.7 Å². The van der Waals surface area contributed by atoms with E-state index in [0.717, 1.165) is 31.5 Å². The fourth-order valence-electron chi connectivity index (χ4n) is 3.45. The number of methoxy groups -OCH3 is 3. The van der Waals surface area contributed by atoms with Gasteiger partial charge < -0.3 is 24.0 Å². The molecule has 2 rings (SSSR count). The summed E-state index contributed by atoms with van der Waals surface area (Å²) in [4.78, 5) is 17.1. The Hall–Kier alpha value is -1.95. The number of likely N-dealkylation sites (N-methyl/N-ethyl adjacent to an activating group) is 1. The SMILES string of the molecule is COc1cc(CC(=O)N2CCCCC2CN(C)C)cc(OC)c1OC. The van der Waals surface area contributed by atoms with E-state index in [2.05, 4.69) is 19.0 Å². The summed E-state index contributed by atoms with van der Waals surface area (Å²) in [6, 6.07) is 3.99. The minimum Gasteiger partial charge on any atom is -0.493 e. The molecule has 0 aliphatic carbocycles. The lowest BCUT2D eigenvalue weighted by Gasteiger charge is -2.37. The highest BCUT2D eigenvalue weighted by molar-refractivity contribution is 5.80. The second kappa shape index (κ2) is 8.94. The zero-order valence-corrected chi connectivity index (χ0v) is 16.0. The van der Waals surface area contributed by atoms with Crippen LogP contribution < -0.4 is 14.2 Å². The fraction of sp³-hybridized carbons (Fsp3) is 0.632. The molecule has 1 amide bonds. The van der Waals surface area contributed by atoms with E-state index in [-0.39, 0.29) is 5.91 Å². The summed E-state index contributed by atoms with van der Waals surface area (Å²) in [5, 5.41) is 0. The highest BCUT2D eigenvalue weighted by Crippen LogP contribution is 2.38. The second-order valence-electron chi connectivity index (χ2n) is 6.71. The molecule has 1 atom stereocenters. The van der Waals surface area contributed by atoms with E-state index in [0.29, 0.717) is 29.7 Å². The van der Waals surface area contributed by atoms with Crippen LogP contribution in [0.25, 0.3) is 0 Å². The van der Waals surface area contributed by atoms with Gasteiger partial charge in [0.1, 0.15) is 0 Å². The number of rotatable bonds is 7. The van der Waals surface area contributed by atoms with E-state index in [9.17, 15) is 4.79 Å². The third-order valence-corrected chi connectivity index (χ3v) is 4.60.